The number of pyridine rings is 1. The average molecular weight is 309 g/mol. The Morgan fingerprint density at radius 2 is 2.00 bits per heavy atom. The van der Waals surface area contributed by atoms with E-state index in [-0.39, 0.29) is 5.69 Å². The molecule has 0 unspecified atom stereocenters. The number of fused-ring (bicyclic) bond motifs is 1. The van der Waals surface area contributed by atoms with Gasteiger partial charge in [-0.2, -0.15) is 0 Å². The number of hydrogen-bond donors (Lipinski definition) is 1. The maximum Gasteiger partial charge on any atom is 0.278 e. The summed E-state index contributed by atoms with van der Waals surface area (Å²) in [5.41, 5.74) is 2.38. The third-order valence-corrected chi connectivity index (χ3v) is 3.61. The molecule has 0 bridgehead atoms. The van der Waals surface area contributed by atoms with Gasteiger partial charge in [-0.15, -0.1) is 0 Å². The second kappa shape index (κ2) is 6.31. The van der Waals surface area contributed by atoms with Crippen molar-refractivity contribution in [3.63, 3.8) is 0 Å². The monoisotopic (exact) mass is 309 g/mol. The molecule has 3 aromatic rings. The van der Waals surface area contributed by atoms with Crippen molar-refractivity contribution in [2.24, 2.45) is 0 Å². The zero-order valence-electron chi connectivity index (χ0n) is 12.5. The van der Waals surface area contributed by atoms with Crippen molar-refractivity contribution in [2.75, 3.05) is 12.4 Å². The number of hydrogen-bond acceptors (Lipinski definition) is 5. The van der Waals surface area contributed by atoms with Gasteiger partial charge in [0.2, 0.25) is 0 Å². The summed E-state index contributed by atoms with van der Waals surface area (Å²) >= 11 is 0. The van der Waals surface area contributed by atoms with Gasteiger partial charge in [0.15, 0.2) is 0 Å². The molecule has 1 N–H and O–H groups in total. The maximum absolute atomic E-state index is 11.1. The van der Waals surface area contributed by atoms with Crippen molar-refractivity contribution < 1.29 is 9.66 Å². The molecule has 0 amide bonds. The predicted molar refractivity (Wildman–Crippen MR) is 88.7 cm³/mol. The van der Waals surface area contributed by atoms with E-state index in [0.29, 0.717) is 17.4 Å². The Kier molecular flexibility index (Phi) is 4.05. The van der Waals surface area contributed by atoms with Crippen LogP contribution in [0.2, 0.25) is 0 Å². The van der Waals surface area contributed by atoms with Crippen molar-refractivity contribution in [2.45, 2.75) is 6.54 Å². The van der Waals surface area contributed by atoms with Gasteiger partial charge in [-0.25, -0.2) is 0 Å². The molecule has 2 aromatic carbocycles. The van der Waals surface area contributed by atoms with Crippen molar-refractivity contribution in [1.82, 2.24) is 4.98 Å². The first-order valence-corrected chi connectivity index (χ1v) is 7.08. The highest BCUT2D eigenvalue weighted by molar-refractivity contribution is 5.96. The summed E-state index contributed by atoms with van der Waals surface area (Å²) in [5.74, 6) is 0.791. The lowest BCUT2D eigenvalue weighted by atomic mass is 10.1. The topological polar surface area (TPSA) is 77.3 Å². The number of benzene rings is 2. The Bertz CT molecular complexity index is 865. The van der Waals surface area contributed by atoms with Crippen molar-refractivity contribution in [3.8, 4) is 5.75 Å². The summed E-state index contributed by atoms with van der Waals surface area (Å²) in [6, 6.07) is 14.3. The third-order valence-electron chi connectivity index (χ3n) is 3.61. The highest BCUT2D eigenvalue weighted by Gasteiger charge is 2.15. The Labute approximate surface area is 132 Å². The van der Waals surface area contributed by atoms with E-state index in [4.69, 9.17) is 4.74 Å². The molecular formula is C17H15N3O3. The van der Waals surface area contributed by atoms with Gasteiger partial charge in [0.25, 0.3) is 5.69 Å². The molecule has 0 saturated carbocycles. The molecule has 0 saturated heterocycles. The summed E-state index contributed by atoms with van der Waals surface area (Å²) in [5, 5.41) is 14.9. The molecule has 0 spiro atoms. The Balaban J connectivity index is 1.95. The van der Waals surface area contributed by atoms with E-state index in [0.717, 1.165) is 17.0 Å². The van der Waals surface area contributed by atoms with Crippen LogP contribution in [0.5, 0.6) is 5.75 Å². The van der Waals surface area contributed by atoms with E-state index in [9.17, 15) is 10.1 Å². The smallest absolute Gasteiger partial charge is 0.278 e. The number of para-hydroxylation sites is 1. The van der Waals surface area contributed by atoms with Crippen LogP contribution < -0.4 is 10.1 Å². The van der Waals surface area contributed by atoms with Crippen LogP contribution in [0.15, 0.2) is 54.7 Å². The van der Waals surface area contributed by atoms with Crippen LogP contribution >= 0.6 is 0 Å². The minimum absolute atomic E-state index is 0.0518. The molecular weight excluding hydrogens is 294 g/mol. The zero-order chi connectivity index (χ0) is 16.2. The molecule has 3 rings (SSSR count). The molecule has 0 aliphatic heterocycles. The number of nitrogens with one attached hydrogen (secondary N) is 1. The average Bonchev–Trinajstić information content (AvgIpc) is 2.59. The Morgan fingerprint density at radius 3 is 2.78 bits per heavy atom. The van der Waals surface area contributed by atoms with Crippen LogP contribution in [-0.4, -0.2) is 17.0 Å². The van der Waals surface area contributed by atoms with E-state index in [2.05, 4.69) is 10.3 Å². The van der Waals surface area contributed by atoms with Gasteiger partial charge < -0.3 is 10.1 Å². The van der Waals surface area contributed by atoms with E-state index >= 15 is 0 Å². The van der Waals surface area contributed by atoms with Gasteiger partial charge in [-0.05, 0) is 24.3 Å². The minimum Gasteiger partial charge on any atom is -0.496 e. The van der Waals surface area contributed by atoms with Crippen LogP contribution in [0.25, 0.3) is 10.9 Å². The Morgan fingerprint density at radius 1 is 1.17 bits per heavy atom. The van der Waals surface area contributed by atoms with Gasteiger partial charge in [-0.3, -0.25) is 15.1 Å². The highest BCUT2D eigenvalue weighted by atomic mass is 16.6. The zero-order valence-corrected chi connectivity index (χ0v) is 12.5. The fourth-order valence-corrected chi connectivity index (χ4v) is 2.50. The molecule has 0 radical (unpaired) electrons. The van der Waals surface area contributed by atoms with Crippen LogP contribution in [0.4, 0.5) is 11.4 Å². The number of nitrogens with zero attached hydrogens (tertiary/aromatic N) is 2. The summed E-state index contributed by atoms with van der Waals surface area (Å²) in [6.07, 6.45) is 1.63. The van der Waals surface area contributed by atoms with Crippen LogP contribution in [-0.2, 0) is 6.54 Å². The molecule has 6 nitrogen and oxygen atoms in total. The lowest BCUT2D eigenvalue weighted by molar-refractivity contribution is -0.383. The number of aromatic nitrogens is 1. The molecule has 23 heavy (non-hydrogen) atoms. The lowest BCUT2D eigenvalue weighted by Gasteiger charge is -2.12. The van der Waals surface area contributed by atoms with Gasteiger partial charge in [0.1, 0.15) is 11.3 Å². The first-order valence-electron chi connectivity index (χ1n) is 7.08. The number of nitro groups is 1. The number of methoxy groups -OCH3 is 1. The molecule has 1 heterocycles. The normalized spacial score (nSPS) is 10.5. The number of rotatable bonds is 5. The highest BCUT2D eigenvalue weighted by Crippen LogP contribution is 2.30. The number of non-ortho nitro benzene ring substituents is 1. The summed E-state index contributed by atoms with van der Waals surface area (Å²) < 4.78 is 5.33. The summed E-state index contributed by atoms with van der Waals surface area (Å²) in [7, 11) is 1.63. The van der Waals surface area contributed by atoms with E-state index < -0.39 is 4.92 Å². The molecule has 6 heteroatoms. The molecule has 1 aromatic heterocycles. The molecule has 0 fully saturated rings. The first-order chi connectivity index (χ1) is 11.2. The standard InChI is InChI=1S/C17H15N3O3/c1-23-16-7-3-2-5-12(16)11-19-14-8-9-15(20(21)22)13-6-4-10-18-17(13)14/h2-10,19H,11H2,1H3. The number of anilines is 1. The fraction of sp³-hybridized carbons (Fsp3) is 0.118. The van der Waals surface area contributed by atoms with E-state index in [1.165, 1.54) is 6.07 Å². The minimum atomic E-state index is -0.395. The van der Waals surface area contributed by atoms with Gasteiger partial charge in [-0.1, -0.05) is 18.2 Å². The van der Waals surface area contributed by atoms with Crippen molar-refractivity contribution in [1.29, 1.82) is 0 Å². The maximum atomic E-state index is 11.1. The first kappa shape index (κ1) is 14.8. The van der Waals surface area contributed by atoms with Gasteiger partial charge >= 0.3 is 0 Å². The molecule has 0 aliphatic rings. The number of ether oxygens (including phenoxy) is 1. The summed E-state index contributed by atoms with van der Waals surface area (Å²) in [6.45, 7) is 0.535. The van der Waals surface area contributed by atoms with Crippen LogP contribution in [0.3, 0.4) is 0 Å². The molecule has 116 valence electrons. The second-order valence-corrected chi connectivity index (χ2v) is 4.95. The quantitative estimate of drug-likeness (QED) is 0.573. The van der Waals surface area contributed by atoms with Gasteiger partial charge in [0.05, 0.1) is 23.1 Å². The molecule has 0 atom stereocenters. The van der Waals surface area contributed by atoms with Crippen molar-refractivity contribution in [3.05, 3.63) is 70.4 Å². The number of nitro benzene ring substituents is 1. The summed E-state index contributed by atoms with van der Waals surface area (Å²) in [4.78, 5) is 15.0. The largest absolute Gasteiger partial charge is 0.496 e. The van der Waals surface area contributed by atoms with Gasteiger partial charge in [0, 0.05) is 24.4 Å². The molecule has 0 aliphatic carbocycles. The SMILES string of the molecule is COc1ccccc1CNc1ccc([N+](=O)[O-])c2cccnc12. The lowest BCUT2D eigenvalue weighted by Crippen LogP contribution is -2.03. The third kappa shape index (κ3) is 2.91. The van der Waals surface area contributed by atoms with E-state index in [1.807, 2.05) is 24.3 Å². The van der Waals surface area contributed by atoms with Crippen molar-refractivity contribution >= 4 is 22.3 Å². The fourth-order valence-electron chi connectivity index (χ4n) is 2.50. The predicted octanol–water partition coefficient (Wildman–Crippen LogP) is 3.76. The van der Waals surface area contributed by atoms with E-state index in [1.54, 1.807) is 31.5 Å². The Hall–Kier alpha value is -3.15. The van der Waals surface area contributed by atoms with Crippen LogP contribution in [0.1, 0.15) is 5.56 Å². The van der Waals surface area contributed by atoms with Crippen LogP contribution in [0, 0.1) is 10.1 Å². The second-order valence-electron chi connectivity index (χ2n) is 4.95.